The van der Waals surface area contributed by atoms with E-state index in [-0.39, 0.29) is 0 Å². The molecule has 170 valence electrons. The highest BCUT2D eigenvalue weighted by Crippen LogP contribution is 2.23. The van der Waals surface area contributed by atoms with Crippen LogP contribution in [-0.4, -0.2) is 17.6 Å². The molecule has 0 aliphatic heterocycles. The minimum Gasteiger partial charge on any atom is -0.345 e. The van der Waals surface area contributed by atoms with Crippen LogP contribution in [0.4, 0.5) is 11.4 Å². The van der Waals surface area contributed by atoms with Crippen LogP contribution in [0.1, 0.15) is 16.7 Å². The SMILES string of the molecule is Cc1ccc(C(=NCc2ccccc2)NC(=S)NCN(c2ccccc2)c2ccccc2)cc1. The van der Waals surface area contributed by atoms with Crippen molar-refractivity contribution in [2.75, 3.05) is 11.6 Å². The zero-order valence-corrected chi connectivity index (χ0v) is 20.0. The van der Waals surface area contributed by atoms with Crippen molar-refractivity contribution in [1.29, 1.82) is 0 Å². The number of rotatable bonds is 7. The number of thiocarbonyl (C=S) groups is 1. The first-order chi connectivity index (χ1) is 16.7. The minimum absolute atomic E-state index is 0.514. The molecule has 0 unspecified atom stereocenters. The first-order valence-corrected chi connectivity index (χ1v) is 11.7. The monoisotopic (exact) mass is 464 g/mol. The molecule has 34 heavy (non-hydrogen) atoms. The number of nitrogens with zero attached hydrogens (tertiary/aromatic N) is 2. The van der Waals surface area contributed by atoms with Gasteiger partial charge in [0.2, 0.25) is 0 Å². The van der Waals surface area contributed by atoms with Crippen LogP contribution in [0.25, 0.3) is 0 Å². The lowest BCUT2D eigenvalue weighted by atomic mass is 10.1. The molecule has 0 heterocycles. The first-order valence-electron chi connectivity index (χ1n) is 11.3. The third-order valence-corrected chi connectivity index (χ3v) is 5.60. The standard InChI is InChI=1S/C29H28N4S/c1-23-17-19-25(20-18-23)28(30-21-24-11-5-2-6-12-24)32-29(34)31-22-33(26-13-7-3-8-14-26)27-15-9-4-10-16-27/h2-20H,21-22H2,1H3,(H2,30,31,32,34). The minimum atomic E-state index is 0.514. The number of anilines is 2. The zero-order chi connectivity index (χ0) is 23.6. The van der Waals surface area contributed by atoms with Crippen LogP contribution < -0.4 is 15.5 Å². The van der Waals surface area contributed by atoms with Crippen LogP contribution in [0.3, 0.4) is 0 Å². The van der Waals surface area contributed by atoms with E-state index >= 15 is 0 Å². The van der Waals surface area contributed by atoms with Crippen LogP contribution in [0.5, 0.6) is 0 Å². The largest absolute Gasteiger partial charge is 0.345 e. The molecule has 0 bridgehead atoms. The van der Waals surface area contributed by atoms with Crippen molar-refractivity contribution in [1.82, 2.24) is 10.6 Å². The van der Waals surface area contributed by atoms with Gasteiger partial charge >= 0.3 is 0 Å². The van der Waals surface area contributed by atoms with E-state index in [4.69, 9.17) is 17.2 Å². The molecule has 0 aliphatic carbocycles. The number of hydrogen-bond acceptors (Lipinski definition) is 3. The quantitative estimate of drug-likeness (QED) is 0.148. The highest BCUT2D eigenvalue weighted by molar-refractivity contribution is 7.80. The lowest BCUT2D eigenvalue weighted by Gasteiger charge is -2.26. The molecular formula is C29H28N4S. The Morgan fingerprint density at radius 1 is 0.735 bits per heavy atom. The van der Waals surface area contributed by atoms with Crippen molar-refractivity contribution in [3.8, 4) is 0 Å². The summed E-state index contributed by atoms with van der Waals surface area (Å²) in [4.78, 5) is 7.02. The fourth-order valence-electron chi connectivity index (χ4n) is 3.52. The smallest absolute Gasteiger partial charge is 0.173 e. The van der Waals surface area contributed by atoms with E-state index in [1.54, 1.807) is 0 Å². The van der Waals surface area contributed by atoms with Crippen LogP contribution in [-0.2, 0) is 6.54 Å². The van der Waals surface area contributed by atoms with Gasteiger partial charge in [-0.3, -0.25) is 4.99 Å². The Morgan fingerprint density at radius 3 is 1.82 bits per heavy atom. The normalized spacial score (nSPS) is 11.0. The molecule has 0 spiro atoms. The predicted octanol–water partition coefficient (Wildman–Crippen LogP) is 6.20. The Hall–Kier alpha value is -3.96. The summed E-state index contributed by atoms with van der Waals surface area (Å²) in [6, 6.07) is 39.0. The number of nitrogens with one attached hydrogen (secondary N) is 2. The number of amidine groups is 1. The number of benzene rings is 4. The molecule has 0 atom stereocenters. The molecule has 4 nitrogen and oxygen atoms in total. The van der Waals surface area contributed by atoms with E-state index in [0.29, 0.717) is 18.3 Å². The van der Waals surface area contributed by atoms with E-state index in [9.17, 15) is 0 Å². The summed E-state index contributed by atoms with van der Waals surface area (Å²) in [5.74, 6) is 0.743. The molecular weight excluding hydrogens is 436 g/mol. The van der Waals surface area contributed by atoms with Gasteiger partial charge in [-0.25, -0.2) is 0 Å². The molecule has 4 aromatic rings. The molecule has 5 heteroatoms. The van der Waals surface area contributed by atoms with E-state index in [2.05, 4.69) is 83.1 Å². The molecule has 0 aliphatic rings. The Balaban J connectivity index is 1.49. The maximum Gasteiger partial charge on any atom is 0.173 e. The Kier molecular flexibility index (Phi) is 8.04. The van der Waals surface area contributed by atoms with E-state index < -0.39 is 0 Å². The molecule has 0 aromatic heterocycles. The van der Waals surface area contributed by atoms with Crippen LogP contribution in [0, 0.1) is 6.92 Å². The van der Waals surface area contributed by atoms with E-state index in [0.717, 1.165) is 28.3 Å². The van der Waals surface area contributed by atoms with Crippen LogP contribution in [0.15, 0.2) is 120 Å². The summed E-state index contributed by atoms with van der Waals surface area (Å²) in [5.41, 5.74) is 5.51. The topological polar surface area (TPSA) is 39.7 Å². The lowest BCUT2D eigenvalue weighted by molar-refractivity contribution is 0.871. The summed E-state index contributed by atoms with van der Waals surface area (Å²) in [7, 11) is 0. The first kappa shape index (κ1) is 23.2. The molecule has 2 N–H and O–H groups in total. The number of aliphatic imine (C=N–C) groups is 1. The molecule has 4 aromatic carbocycles. The van der Waals surface area contributed by atoms with Crippen molar-refractivity contribution in [3.63, 3.8) is 0 Å². The summed E-state index contributed by atoms with van der Waals surface area (Å²) >= 11 is 5.68. The van der Waals surface area contributed by atoms with Gasteiger partial charge in [-0.05, 0) is 49.0 Å². The van der Waals surface area contributed by atoms with Crippen LogP contribution >= 0.6 is 12.2 Å². The average Bonchev–Trinajstić information content (AvgIpc) is 2.89. The second-order valence-electron chi connectivity index (χ2n) is 7.90. The molecule has 4 rings (SSSR count). The highest BCUT2D eigenvalue weighted by atomic mass is 32.1. The van der Waals surface area contributed by atoms with Gasteiger partial charge in [0.25, 0.3) is 0 Å². The van der Waals surface area contributed by atoms with E-state index in [1.165, 1.54) is 5.56 Å². The summed E-state index contributed by atoms with van der Waals surface area (Å²) < 4.78 is 0. The zero-order valence-electron chi connectivity index (χ0n) is 19.2. The van der Waals surface area contributed by atoms with Gasteiger partial charge in [-0.1, -0.05) is 96.6 Å². The molecule has 0 amide bonds. The Labute approximate surface area is 207 Å². The number of hydrogen-bond donors (Lipinski definition) is 2. The molecule has 0 saturated heterocycles. The van der Waals surface area contributed by atoms with Gasteiger partial charge in [0, 0.05) is 16.9 Å². The lowest BCUT2D eigenvalue weighted by Crippen LogP contribution is -2.44. The summed E-state index contributed by atoms with van der Waals surface area (Å²) in [6.45, 7) is 3.16. The van der Waals surface area contributed by atoms with Crippen molar-refractivity contribution in [2.24, 2.45) is 4.99 Å². The second-order valence-corrected chi connectivity index (χ2v) is 8.31. The van der Waals surface area contributed by atoms with Crippen LogP contribution in [0.2, 0.25) is 0 Å². The van der Waals surface area contributed by atoms with Gasteiger partial charge in [0.05, 0.1) is 13.2 Å². The van der Waals surface area contributed by atoms with E-state index in [1.807, 2.05) is 54.6 Å². The third kappa shape index (κ3) is 6.53. The molecule has 0 saturated carbocycles. The fraction of sp³-hybridized carbons (Fsp3) is 0.103. The second kappa shape index (κ2) is 11.8. The third-order valence-electron chi connectivity index (χ3n) is 5.35. The van der Waals surface area contributed by atoms with Gasteiger partial charge in [0.15, 0.2) is 5.11 Å². The Morgan fingerprint density at radius 2 is 1.26 bits per heavy atom. The van der Waals surface area contributed by atoms with Gasteiger partial charge < -0.3 is 15.5 Å². The van der Waals surface area contributed by atoms with Gasteiger partial charge in [-0.2, -0.15) is 0 Å². The number of para-hydroxylation sites is 2. The van der Waals surface area contributed by atoms with Gasteiger partial charge in [-0.15, -0.1) is 0 Å². The highest BCUT2D eigenvalue weighted by Gasteiger charge is 2.11. The summed E-state index contributed by atoms with van der Waals surface area (Å²) in [6.07, 6.45) is 0. The Bertz CT molecular complexity index is 1170. The molecule has 0 radical (unpaired) electrons. The van der Waals surface area contributed by atoms with Gasteiger partial charge in [0.1, 0.15) is 5.84 Å². The van der Waals surface area contributed by atoms with Crippen molar-refractivity contribution in [2.45, 2.75) is 13.5 Å². The van der Waals surface area contributed by atoms with Crippen molar-refractivity contribution in [3.05, 3.63) is 132 Å². The predicted molar refractivity (Wildman–Crippen MR) is 147 cm³/mol. The maximum atomic E-state index is 5.68. The average molecular weight is 465 g/mol. The number of aryl methyl sites for hydroxylation is 1. The molecule has 0 fully saturated rings. The van der Waals surface area contributed by atoms with Crippen molar-refractivity contribution >= 4 is 34.5 Å². The summed E-state index contributed by atoms with van der Waals surface area (Å²) in [5, 5.41) is 7.20. The fourth-order valence-corrected chi connectivity index (χ4v) is 3.68. The van der Waals surface area contributed by atoms with Crippen molar-refractivity contribution < 1.29 is 0 Å². The maximum absolute atomic E-state index is 5.68.